The third-order valence-electron chi connectivity index (χ3n) is 2.07. The zero-order chi connectivity index (χ0) is 11.5. The maximum atomic E-state index is 10.6. The summed E-state index contributed by atoms with van der Waals surface area (Å²) in [6, 6.07) is 8.69. The lowest BCUT2D eigenvalue weighted by molar-refractivity contribution is -0.141. The van der Waals surface area contributed by atoms with Crippen molar-refractivity contribution in [2.45, 2.75) is 6.92 Å². The summed E-state index contributed by atoms with van der Waals surface area (Å²) < 4.78 is 0.988. The number of para-hydroxylation sites is 1. The van der Waals surface area contributed by atoms with Crippen molar-refractivity contribution in [3.8, 4) is 0 Å². The van der Waals surface area contributed by atoms with E-state index in [4.69, 9.17) is 0 Å². The number of benzene rings is 1. The number of nitrogens with zero attached hydrogens (tertiary/aromatic N) is 2. The molecule has 5 heteroatoms. The molecule has 0 bridgehead atoms. The zero-order valence-corrected chi connectivity index (χ0v) is 8.62. The van der Waals surface area contributed by atoms with Gasteiger partial charge in [-0.15, -0.1) is 0 Å². The van der Waals surface area contributed by atoms with Gasteiger partial charge in [-0.2, -0.15) is 4.73 Å². The molecule has 1 heterocycles. The third kappa shape index (κ3) is 1.88. The highest BCUT2D eigenvalue weighted by Crippen LogP contribution is 2.07. The highest BCUT2D eigenvalue weighted by Gasteiger charge is 1.99. The molecule has 0 atom stereocenters. The van der Waals surface area contributed by atoms with Crippen LogP contribution in [-0.2, 0) is 9.63 Å². The SMILES string of the molecule is CC(=O)O/N=c1/ccn(O)c2ccccc12. The van der Waals surface area contributed by atoms with Crippen LogP contribution in [-0.4, -0.2) is 15.9 Å². The minimum absolute atomic E-state index is 0.482. The van der Waals surface area contributed by atoms with Gasteiger partial charge < -0.3 is 10.0 Å². The van der Waals surface area contributed by atoms with Gasteiger partial charge in [0.1, 0.15) is 5.36 Å². The molecule has 0 spiro atoms. The van der Waals surface area contributed by atoms with Gasteiger partial charge in [0.05, 0.1) is 5.52 Å². The highest BCUT2D eigenvalue weighted by atomic mass is 16.7. The maximum absolute atomic E-state index is 10.6. The van der Waals surface area contributed by atoms with E-state index in [9.17, 15) is 10.0 Å². The first-order chi connectivity index (χ1) is 7.68. The van der Waals surface area contributed by atoms with Crippen LogP contribution in [0.3, 0.4) is 0 Å². The fourth-order valence-corrected chi connectivity index (χ4v) is 1.39. The van der Waals surface area contributed by atoms with Crippen LogP contribution in [0.25, 0.3) is 10.9 Å². The van der Waals surface area contributed by atoms with E-state index in [0.717, 1.165) is 4.73 Å². The molecule has 0 aliphatic heterocycles. The standard InChI is InChI=1S/C11H10N2O3/c1-8(14)16-12-10-6-7-13(15)11-5-3-2-4-9(10)11/h2-7,15H,1H3/b12-10-. The van der Waals surface area contributed by atoms with Crippen molar-refractivity contribution in [2.75, 3.05) is 0 Å². The van der Waals surface area contributed by atoms with Gasteiger partial charge in [-0.3, -0.25) is 0 Å². The first kappa shape index (κ1) is 10.2. The van der Waals surface area contributed by atoms with Gasteiger partial charge in [0.25, 0.3) is 0 Å². The number of carbonyl (C=O) groups excluding carboxylic acids is 1. The summed E-state index contributed by atoms with van der Waals surface area (Å²) in [5, 5.41) is 14.4. The van der Waals surface area contributed by atoms with Crippen LogP contribution in [0.2, 0.25) is 0 Å². The summed E-state index contributed by atoms with van der Waals surface area (Å²) in [5.74, 6) is -0.482. The van der Waals surface area contributed by atoms with Crippen LogP contribution in [0.5, 0.6) is 0 Å². The normalized spacial score (nSPS) is 11.7. The summed E-state index contributed by atoms with van der Waals surface area (Å²) in [6.07, 6.45) is 1.44. The van der Waals surface area contributed by atoms with Gasteiger partial charge in [-0.05, 0) is 12.1 Å². The fourth-order valence-electron chi connectivity index (χ4n) is 1.39. The van der Waals surface area contributed by atoms with E-state index in [-0.39, 0.29) is 0 Å². The molecule has 2 rings (SSSR count). The van der Waals surface area contributed by atoms with E-state index in [1.165, 1.54) is 13.1 Å². The smallest absolute Gasteiger partial charge is 0.332 e. The summed E-state index contributed by atoms with van der Waals surface area (Å²) in [7, 11) is 0. The van der Waals surface area contributed by atoms with E-state index in [2.05, 4.69) is 9.99 Å². The van der Waals surface area contributed by atoms with Crippen molar-refractivity contribution in [1.82, 2.24) is 4.73 Å². The lowest BCUT2D eigenvalue weighted by Crippen LogP contribution is -2.09. The van der Waals surface area contributed by atoms with Gasteiger partial charge in [0.15, 0.2) is 0 Å². The van der Waals surface area contributed by atoms with Gasteiger partial charge in [-0.25, -0.2) is 4.79 Å². The Morgan fingerprint density at radius 1 is 1.38 bits per heavy atom. The minimum atomic E-state index is -0.482. The van der Waals surface area contributed by atoms with Crippen molar-refractivity contribution in [2.24, 2.45) is 5.16 Å². The molecule has 16 heavy (non-hydrogen) atoms. The number of hydrogen-bond donors (Lipinski definition) is 1. The van der Waals surface area contributed by atoms with E-state index in [1.54, 1.807) is 24.3 Å². The molecule has 1 aromatic heterocycles. The molecule has 0 amide bonds. The molecule has 0 unspecified atom stereocenters. The molecule has 0 aliphatic rings. The first-order valence-electron chi connectivity index (χ1n) is 4.70. The molecule has 0 aliphatic carbocycles. The predicted molar refractivity (Wildman–Crippen MR) is 56.5 cm³/mol. The summed E-state index contributed by atoms with van der Waals surface area (Å²) in [4.78, 5) is 15.2. The third-order valence-corrected chi connectivity index (χ3v) is 2.07. The van der Waals surface area contributed by atoms with Gasteiger partial charge in [-0.1, -0.05) is 23.4 Å². The van der Waals surface area contributed by atoms with Gasteiger partial charge in [0.2, 0.25) is 0 Å². The number of fused-ring (bicyclic) bond motifs is 1. The Hall–Kier alpha value is -2.30. The Kier molecular flexibility index (Phi) is 2.59. The Morgan fingerprint density at radius 2 is 2.12 bits per heavy atom. The van der Waals surface area contributed by atoms with Crippen molar-refractivity contribution in [3.05, 3.63) is 41.9 Å². The van der Waals surface area contributed by atoms with Gasteiger partial charge in [0, 0.05) is 18.5 Å². The van der Waals surface area contributed by atoms with Crippen LogP contribution >= 0.6 is 0 Å². The molecule has 82 valence electrons. The Bertz CT molecular complexity index is 601. The fraction of sp³-hybridized carbons (Fsp3) is 0.0909. The quantitative estimate of drug-likeness (QED) is 0.445. The number of aromatic nitrogens is 1. The predicted octanol–water partition coefficient (Wildman–Crippen LogP) is 1.26. The van der Waals surface area contributed by atoms with Crippen LogP contribution in [0.15, 0.2) is 41.7 Å². The topological polar surface area (TPSA) is 63.8 Å². The summed E-state index contributed by atoms with van der Waals surface area (Å²) >= 11 is 0. The largest absolute Gasteiger partial charge is 0.428 e. The molecular formula is C11H10N2O3. The van der Waals surface area contributed by atoms with Crippen LogP contribution in [0, 0.1) is 0 Å². The summed E-state index contributed by atoms with van der Waals surface area (Å²) in [5.41, 5.74) is 0.593. The zero-order valence-electron chi connectivity index (χ0n) is 8.62. The average molecular weight is 218 g/mol. The van der Waals surface area contributed by atoms with Crippen molar-refractivity contribution in [3.63, 3.8) is 0 Å². The van der Waals surface area contributed by atoms with Crippen molar-refractivity contribution in [1.29, 1.82) is 0 Å². The van der Waals surface area contributed by atoms with Crippen LogP contribution < -0.4 is 5.36 Å². The van der Waals surface area contributed by atoms with Crippen molar-refractivity contribution < 1.29 is 14.8 Å². The molecule has 0 radical (unpaired) electrons. The first-order valence-corrected chi connectivity index (χ1v) is 4.70. The summed E-state index contributed by atoms with van der Waals surface area (Å²) in [6.45, 7) is 1.28. The molecule has 1 aromatic carbocycles. The van der Waals surface area contributed by atoms with E-state index in [1.807, 2.05) is 6.07 Å². The average Bonchev–Trinajstić information content (AvgIpc) is 2.28. The number of rotatable bonds is 1. The Labute approximate surface area is 91.1 Å². The van der Waals surface area contributed by atoms with Crippen molar-refractivity contribution >= 4 is 16.9 Å². The Balaban J connectivity index is 2.67. The lowest BCUT2D eigenvalue weighted by atomic mass is 10.2. The highest BCUT2D eigenvalue weighted by molar-refractivity contribution is 5.78. The molecule has 2 aromatic rings. The monoisotopic (exact) mass is 218 g/mol. The second kappa shape index (κ2) is 4.06. The number of pyridine rings is 1. The molecule has 0 saturated carbocycles. The molecule has 0 saturated heterocycles. The lowest BCUT2D eigenvalue weighted by Gasteiger charge is -2.02. The molecule has 0 fully saturated rings. The Morgan fingerprint density at radius 3 is 2.88 bits per heavy atom. The second-order valence-corrected chi connectivity index (χ2v) is 3.24. The van der Waals surface area contributed by atoms with E-state index >= 15 is 0 Å². The number of carbonyl (C=O) groups is 1. The second-order valence-electron chi connectivity index (χ2n) is 3.24. The van der Waals surface area contributed by atoms with E-state index in [0.29, 0.717) is 16.3 Å². The van der Waals surface area contributed by atoms with Crippen LogP contribution in [0.4, 0.5) is 0 Å². The molecular weight excluding hydrogens is 208 g/mol. The molecule has 1 N–H and O–H groups in total. The van der Waals surface area contributed by atoms with Gasteiger partial charge >= 0.3 is 5.97 Å². The molecule has 5 nitrogen and oxygen atoms in total. The number of hydrogen-bond acceptors (Lipinski definition) is 4. The minimum Gasteiger partial charge on any atom is -0.428 e. The maximum Gasteiger partial charge on any atom is 0.332 e. The van der Waals surface area contributed by atoms with Crippen LogP contribution in [0.1, 0.15) is 6.92 Å². The van der Waals surface area contributed by atoms with E-state index < -0.39 is 5.97 Å².